The number of ether oxygens (including phenoxy) is 1. The highest BCUT2D eigenvalue weighted by atomic mass is 19.1. The molecule has 2 rings (SSSR count). The van der Waals surface area contributed by atoms with Crippen molar-refractivity contribution in [1.82, 2.24) is 5.32 Å². The van der Waals surface area contributed by atoms with Crippen LogP contribution in [0.25, 0.3) is 11.1 Å². The Kier molecular flexibility index (Phi) is 5.34. The summed E-state index contributed by atoms with van der Waals surface area (Å²) in [5, 5.41) is 3.23. The van der Waals surface area contributed by atoms with Gasteiger partial charge in [-0.1, -0.05) is 38.1 Å². The first-order valence-electron chi connectivity index (χ1n) is 7.35. The predicted molar refractivity (Wildman–Crippen MR) is 85.0 cm³/mol. The van der Waals surface area contributed by atoms with Gasteiger partial charge in [0.15, 0.2) is 0 Å². The van der Waals surface area contributed by atoms with Crippen LogP contribution in [0.3, 0.4) is 0 Å². The minimum atomic E-state index is -0.178. The number of nitrogens with one attached hydrogen (secondary N) is 1. The Labute approximate surface area is 126 Å². The lowest BCUT2D eigenvalue weighted by molar-refractivity contribution is 0.340. The van der Waals surface area contributed by atoms with Crippen molar-refractivity contribution >= 4 is 0 Å². The standard InChI is InChI=1S/C18H22FNO/c1-4-21-17-7-5-6-14(10-17)15-8-9-16(18(19)11-15)12-20-13(2)3/h5-11,13,20H,4,12H2,1-3H3. The van der Waals surface area contributed by atoms with Crippen molar-refractivity contribution in [2.75, 3.05) is 6.61 Å². The Morgan fingerprint density at radius 3 is 2.52 bits per heavy atom. The van der Waals surface area contributed by atoms with Crippen molar-refractivity contribution in [1.29, 1.82) is 0 Å². The lowest BCUT2D eigenvalue weighted by atomic mass is 10.0. The fourth-order valence-electron chi connectivity index (χ4n) is 2.12. The summed E-state index contributed by atoms with van der Waals surface area (Å²) in [6, 6.07) is 13.4. The lowest BCUT2D eigenvalue weighted by Gasteiger charge is -2.11. The SMILES string of the molecule is CCOc1cccc(-c2ccc(CNC(C)C)c(F)c2)c1. The van der Waals surface area contributed by atoms with Crippen LogP contribution in [0.4, 0.5) is 4.39 Å². The van der Waals surface area contributed by atoms with E-state index in [-0.39, 0.29) is 5.82 Å². The third-order valence-corrected chi connectivity index (χ3v) is 3.23. The van der Waals surface area contributed by atoms with Gasteiger partial charge in [-0.15, -0.1) is 0 Å². The van der Waals surface area contributed by atoms with Gasteiger partial charge in [-0.3, -0.25) is 0 Å². The van der Waals surface area contributed by atoms with Crippen LogP contribution in [0.1, 0.15) is 26.3 Å². The smallest absolute Gasteiger partial charge is 0.128 e. The molecule has 1 N–H and O–H groups in total. The first-order chi connectivity index (χ1) is 10.1. The Morgan fingerprint density at radius 1 is 1.10 bits per heavy atom. The summed E-state index contributed by atoms with van der Waals surface area (Å²) < 4.78 is 19.6. The molecular formula is C18H22FNO. The van der Waals surface area contributed by atoms with Gasteiger partial charge in [0.05, 0.1) is 6.61 Å². The zero-order valence-corrected chi connectivity index (χ0v) is 12.8. The number of hydrogen-bond acceptors (Lipinski definition) is 2. The van der Waals surface area contributed by atoms with E-state index in [0.29, 0.717) is 24.8 Å². The van der Waals surface area contributed by atoms with Gasteiger partial charge in [-0.2, -0.15) is 0 Å². The minimum absolute atomic E-state index is 0.178. The van der Waals surface area contributed by atoms with Gasteiger partial charge in [0.25, 0.3) is 0 Å². The van der Waals surface area contributed by atoms with E-state index in [4.69, 9.17) is 4.74 Å². The van der Waals surface area contributed by atoms with Crippen LogP contribution in [0.15, 0.2) is 42.5 Å². The molecule has 0 amide bonds. The zero-order valence-electron chi connectivity index (χ0n) is 12.8. The molecular weight excluding hydrogens is 265 g/mol. The highest BCUT2D eigenvalue weighted by Crippen LogP contribution is 2.25. The topological polar surface area (TPSA) is 21.3 Å². The molecule has 0 heterocycles. The highest BCUT2D eigenvalue weighted by Gasteiger charge is 2.06. The summed E-state index contributed by atoms with van der Waals surface area (Å²) in [6.07, 6.45) is 0. The van der Waals surface area contributed by atoms with Gasteiger partial charge in [-0.05, 0) is 36.2 Å². The van der Waals surface area contributed by atoms with Crippen LogP contribution in [-0.4, -0.2) is 12.6 Å². The first-order valence-corrected chi connectivity index (χ1v) is 7.35. The first kappa shape index (κ1) is 15.5. The molecule has 0 saturated heterocycles. The molecule has 0 aliphatic heterocycles. The van der Waals surface area contributed by atoms with E-state index in [1.807, 2.05) is 57.2 Å². The Hall–Kier alpha value is -1.87. The summed E-state index contributed by atoms with van der Waals surface area (Å²) >= 11 is 0. The van der Waals surface area contributed by atoms with Crippen LogP contribution >= 0.6 is 0 Å². The molecule has 0 saturated carbocycles. The Bertz CT molecular complexity index is 596. The van der Waals surface area contributed by atoms with Crippen molar-refractivity contribution in [3.8, 4) is 16.9 Å². The largest absolute Gasteiger partial charge is 0.494 e. The molecule has 0 aliphatic carbocycles. The molecule has 0 unspecified atom stereocenters. The molecule has 3 heteroatoms. The van der Waals surface area contributed by atoms with Crippen molar-refractivity contribution in [2.24, 2.45) is 0 Å². The normalized spacial score (nSPS) is 10.9. The van der Waals surface area contributed by atoms with E-state index in [9.17, 15) is 4.39 Å². The number of rotatable bonds is 6. The third-order valence-electron chi connectivity index (χ3n) is 3.23. The molecule has 0 aliphatic rings. The average molecular weight is 287 g/mol. The summed E-state index contributed by atoms with van der Waals surface area (Å²) in [7, 11) is 0. The summed E-state index contributed by atoms with van der Waals surface area (Å²) in [6.45, 7) is 7.21. The average Bonchev–Trinajstić information content (AvgIpc) is 2.46. The summed E-state index contributed by atoms with van der Waals surface area (Å²) in [5.74, 6) is 0.628. The molecule has 0 fully saturated rings. The van der Waals surface area contributed by atoms with Crippen molar-refractivity contribution in [3.63, 3.8) is 0 Å². The minimum Gasteiger partial charge on any atom is -0.494 e. The van der Waals surface area contributed by atoms with E-state index in [0.717, 1.165) is 16.9 Å². The second kappa shape index (κ2) is 7.23. The molecule has 0 radical (unpaired) electrons. The molecule has 112 valence electrons. The van der Waals surface area contributed by atoms with Crippen LogP contribution < -0.4 is 10.1 Å². The second-order valence-electron chi connectivity index (χ2n) is 5.30. The van der Waals surface area contributed by atoms with Gasteiger partial charge < -0.3 is 10.1 Å². The molecule has 2 aromatic carbocycles. The van der Waals surface area contributed by atoms with E-state index >= 15 is 0 Å². The molecule has 0 spiro atoms. The van der Waals surface area contributed by atoms with Gasteiger partial charge >= 0.3 is 0 Å². The van der Waals surface area contributed by atoms with Gasteiger partial charge in [-0.25, -0.2) is 4.39 Å². The van der Waals surface area contributed by atoms with Crippen LogP contribution in [0.5, 0.6) is 5.75 Å². The predicted octanol–water partition coefficient (Wildman–Crippen LogP) is 4.39. The monoisotopic (exact) mass is 287 g/mol. The van der Waals surface area contributed by atoms with E-state index in [2.05, 4.69) is 5.32 Å². The van der Waals surface area contributed by atoms with Crippen molar-refractivity contribution in [2.45, 2.75) is 33.4 Å². The van der Waals surface area contributed by atoms with Crippen LogP contribution in [0.2, 0.25) is 0 Å². The summed E-state index contributed by atoms with van der Waals surface area (Å²) in [4.78, 5) is 0. The van der Waals surface area contributed by atoms with Crippen LogP contribution in [0, 0.1) is 5.82 Å². The number of hydrogen-bond donors (Lipinski definition) is 1. The van der Waals surface area contributed by atoms with Crippen molar-refractivity contribution in [3.05, 3.63) is 53.8 Å². The lowest BCUT2D eigenvalue weighted by Crippen LogP contribution is -2.22. The summed E-state index contributed by atoms with van der Waals surface area (Å²) in [5.41, 5.74) is 2.51. The maximum absolute atomic E-state index is 14.2. The van der Waals surface area contributed by atoms with Gasteiger partial charge in [0.2, 0.25) is 0 Å². The number of halogens is 1. The van der Waals surface area contributed by atoms with E-state index in [1.165, 1.54) is 0 Å². The van der Waals surface area contributed by atoms with Crippen molar-refractivity contribution < 1.29 is 9.13 Å². The molecule has 0 bridgehead atoms. The fourth-order valence-corrected chi connectivity index (χ4v) is 2.12. The van der Waals surface area contributed by atoms with Gasteiger partial charge in [0, 0.05) is 18.2 Å². The molecule has 2 aromatic rings. The maximum atomic E-state index is 14.2. The molecule has 0 atom stereocenters. The highest BCUT2D eigenvalue weighted by molar-refractivity contribution is 5.65. The molecule has 0 aromatic heterocycles. The molecule has 21 heavy (non-hydrogen) atoms. The van der Waals surface area contributed by atoms with E-state index in [1.54, 1.807) is 6.07 Å². The molecule has 2 nitrogen and oxygen atoms in total. The van der Waals surface area contributed by atoms with Crippen LogP contribution in [-0.2, 0) is 6.54 Å². The fraction of sp³-hybridized carbons (Fsp3) is 0.333. The third kappa shape index (κ3) is 4.30. The van der Waals surface area contributed by atoms with Gasteiger partial charge in [0.1, 0.15) is 11.6 Å². The number of benzene rings is 2. The Morgan fingerprint density at radius 2 is 1.86 bits per heavy atom. The Balaban J connectivity index is 2.21. The quantitative estimate of drug-likeness (QED) is 0.850. The van der Waals surface area contributed by atoms with E-state index < -0.39 is 0 Å². The maximum Gasteiger partial charge on any atom is 0.128 e. The zero-order chi connectivity index (χ0) is 15.2. The second-order valence-corrected chi connectivity index (χ2v) is 5.30.